The molecule has 1 atom stereocenters. The molecule has 150 valence electrons. The Morgan fingerprint density at radius 3 is 2.30 bits per heavy atom. The molecule has 0 aliphatic carbocycles. The molecule has 8 nitrogen and oxygen atoms in total. The fourth-order valence-electron chi connectivity index (χ4n) is 2.24. The quantitative estimate of drug-likeness (QED) is 0.471. The Hall–Kier alpha value is -2.26. The highest BCUT2D eigenvalue weighted by Crippen LogP contribution is 2.16. The van der Waals surface area contributed by atoms with Gasteiger partial charge in [-0.25, -0.2) is 12.7 Å². The van der Waals surface area contributed by atoms with E-state index in [2.05, 4.69) is 5.32 Å². The summed E-state index contributed by atoms with van der Waals surface area (Å²) in [5, 5.41) is 2.55. The molecule has 0 fully saturated rings. The smallest absolute Gasteiger partial charge is 0.306 e. The first-order valence-electron chi connectivity index (χ1n) is 8.64. The van der Waals surface area contributed by atoms with Crippen molar-refractivity contribution < 1.29 is 27.5 Å². The number of carbonyl (C=O) groups excluding carboxylic acids is 3. The monoisotopic (exact) mass is 398 g/mol. The summed E-state index contributed by atoms with van der Waals surface area (Å²) in [5.74, 6) is -1.09. The molecule has 0 radical (unpaired) electrons. The summed E-state index contributed by atoms with van der Waals surface area (Å²) >= 11 is 0. The van der Waals surface area contributed by atoms with E-state index >= 15 is 0 Å². The fourth-order valence-corrected chi connectivity index (χ4v) is 3.44. The van der Waals surface area contributed by atoms with E-state index in [0.29, 0.717) is 12.1 Å². The van der Waals surface area contributed by atoms with Gasteiger partial charge in [-0.2, -0.15) is 0 Å². The minimum Gasteiger partial charge on any atom is -0.453 e. The second kappa shape index (κ2) is 10.2. The van der Waals surface area contributed by atoms with E-state index in [0.717, 1.165) is 4.31 Å². The van der Waals surface area contributed by atoms with Crippen molar-refractivity contribution in [2.75, 3.05) is 20.1 Å². The molecule has 9 heteroatoms. The van der Waals surface area contributed by atoms with Gasteiger partial charge in [0.1, 0.15) is 0 Å². The van der Waals surface area contributed by atoms with Crippen LogP contribution in [-0.4, -0.2) is 56.6 Å². The van der Waals surface area contributed by atoms with Gasteiger partial charge in [0.05, 0.1) is 4.90 Å². The predicted molar refractivity (Wildman–Crippen MR) is 99.7 cm³/mol. The standard InChI is InChI=1S/C18H26N2O6S/c1-5-19-18(23)14(3)26-17(22)7-6-12-20(4)27(24,25)16-10-8-15(9-11-16)13(2)21/h8-11,14H,5-7,12H2,1-4H3,(H,19,23)/t14-/m1/s1. The first-order chi connectivity index (χ1) is 12.6. The van der Waals surface area contributed by atoms with Gasteiger partial charge in [-0.05, 0) is 39.3 Å². The van der Waals surface area contributed by atoms with E-state index in [1.54, 1.807) is 6.92 Å². The summed E-state index contributed by atoms with van der Waals surface area (Å²) < 4.78 is 31.1. The van der Waals surface area contributed by atoms with Crippen LogP contribution in [-0.2, 0) is 24.3 Å². The number of ketones is 1. The third-order valence-corrected chi connectivity index (χ3v) is 5.72. The molecule has 27 heavy (non-hydrogen) atoms. The van der Waals surface area contributed by atoms with Crippen LogP contribution < -0.4 is 5.32 Å². The number of likely N-dealkylation sites (N-methyl/N-ethyl adjacent to an activating group) is 1. The average Bonchev–Trinajstić information content (AvgIpc) is 2.61. The number of amides is 1. The summed E-state index contributed by atoms with van der Waals surface area (Å²) in [5.41, 5.74) is 0.431. The highest BCUT2D eigenvalue weighted by molar-refractivity contribution is 7.89. The molecule has 0 heterocycles. The van der Waals surface area contributed by atoms with Crippen molar-refractivity contribution in [2.45, 2.75) is 44.6 Å². The highest BCUT2D eigenvalue weighted by Gasteiger charge is 2.22. The van der Waals surface area contributed by atoms with Gasteiger partial charge >= 0.3 is 5.97 Å². The van der Waals surface area contributed by atoms with Crippen molar-refractivity contribution in [1.29, 1.82) is 0 Å². The number of nitrogens with one attached hydrogen (secondary N) is 1. The van der Waals surface area contributed by atoms with E-state index in [1.807, 2.05) is 0 Å². The van der Waals surface area contributed by atoms with Gasteiger partial charge in [-0.15, -0.1) is 0 Å². The zero-order valence-electron chi connectivity index (χ0n) is 16.0. The zero-order valence-corrected chi connectivity index (χ0v) is 16.8. The Labute approximate surface area is 159 Å². The predicted octanol–water partition coefficient (Wildman–Crippen LogP) is 1.36. The van der Waals surface area contributed by atoms with Crippen LogP contribution in [0.3, 0.4) is 0 Å². The van der Waals surface area contributed by atoms with Crippen LogP contribution in [0.5, 0.6) is 0 Å². The first kappa shape index (κ1) is 22.8. The third-order valence-electron chi connectivity index (χ3n) is 3.85. The van der Waals surface area contributed by atoms with Gasteiger partial charge in [0.2, 0.25) is 10.0 Å². The van der Waals surface area contributed by atoms with E-state index in [9.17, 15) is 22.8 Å². The first-order valence-corrected chi connectivity index (χ1v) is 10.1. The number of sulfonamides is 1. The topological polar surface area (TPSA) is 110 Å². The van der Waals surface area contributed by atoms with E-state index in [-0.39, 0.29) is 36.0 Å². The number of rotatable bonds is 10. The Kier molecular flexibility index (Phi) is 8.58. The number of carbonyl (C=O) groups is 3. The molecular formula is C18H26N2O6S. The van der Waals surface area contributed by atoms with Gasteiger partial charge in [0.25, 0.3) is 5.91 Å². The van der Waals surface area contributed by atoms with Gasteiger partial charge in [0, 0.05) is 32.1 Å². The lowest BCUT2D eigenvalue weighted by Crippen LogP contribution is -2.35. The zero-order chi connectivity index (χ0) is 20.6. The second-order valence-corrected chi connectivity index (χ2v) is 8.08. The molecule has 0 aromatic heterocycles. The van der Waals surface area contributed by atoms with Crippen LogP contribution in [0.25, 0.3) is 0 Å². The molecular weight excluding hydrogens is 372 g/mol. The van der Waals surface area contributed by atoms with E-state index in [4.69, 9.17) is 4.74 Å². The van der Waals surface area contributed by atoms with Crippen LogP contribution in [0, 0.1) is 0 Å². The molecule has 0 aliphatic rings. The van der Waals surface area contributed by atoms with Crippen LogP contribution in [0.15, 0.2) is 29.2 Å². The summed E-state index contributed by atoms with van der Waals surface area (Å²) in [7, 11) is -2.30. The normalized spacial score (nSPS) is 12.5. The van der Waals surface area contributed by atoms with Crippen LogP contribution >= 0.6 is 0 Å². The second-order valence-electron chi connectivity index (χ2n) is 6.04. The average molecular weight is 398 g/mol. The summed E-state index contributed by atoms with van der Waals surface area (Å²) in [6.07, 6.45) is -0.645. The van der Waals surface area contributed by atoms with Gasteiger partial charge in [-0.3, -0.25) is 14.4 Å². The molecule has 1 amide bonds. The molecule has 1 N–H and O–H groups in total. The van der Waals surface area contributed by atoms with Crippen molar-refractivity contribution in [3.8, 4) is 0 Å². The summed E-state index contributed by atoms with van der Waals surface area (Å²) in [6, 6.07) is 5.68. The van der Waals surface area contributed by atoms with Gasteiger partial charge in [-0.1, -0.05) is 12.1 Å². The summed E-state index contributed by atoms with van der Waals surface area (Å²) in [4.78, 5) is 34.6. The molecule has 0 saturated heterocycles. The number of Topliss-reactive ketones (excluding diaryl/α,β-unsaturated/α-hetero) is 1. The fraction of sp³-hybridized carbons (Fsp3) is 0.500. The Bertz CT molecular complexity index is 774. The lowest BCUT2D eigenvalue weighted by Gasteiger charge is -2.17. The Morgan fingerprint density at radius 2 is 1.78 bits per heavy atom. The number of hydrogen-bond acceptors (Lipinski definition) is 6. The third kappa shape index (κ3) is 6.76. The maximum absolute atomic E-state index is 12.5. The lowest BCUT2D eigenvalue weighted by atomic mass is 10.2. The number of benzene rings is 1. The SMILES string of the molecule is CCNC(=O)[C@@H](C)OC(=O)CCCN(C)S(=O)(=O)c1ccc(C(C)=O)cc1. The van der Waals surface area contributed by atoms with Crippen molar-refractivity contribution in [3.05, 3.63) is 29.8 Å². The minimum absolute atomic E-state index is 0.00706. The minimum atomic E-state index is -3.72. The Morgan fingerprint density at radius 1 is 1.19 bits per heavy atom. The number of hydrogen-bond donors (Lipinski definition) is 1. The number of esters is 1. The summed E-state index contributed by atoms with van der Waals surface area (Å²) in [6.45, 7) is 5.19. The van der Waals surface area contributed by atoms with Crippen molar-refractivity contribution in [2.24, 2.45) is 0 Å². The molecule has 0 aliphatic heterocycles. The molecule has 1 aromatic carbocycles. The molecule has 1 rings (SSSR count). The van der Waals surface area contributed by atoms with Crippen molar-refractivity contribution >= 4 is 27.7 Å². The van der Waals surface area contributed by atoms with E-state index < -0.39 is 22.1 Å². The van der Waals surface area contributed by atoms with E-state index in [1.165, 1.54) is 45.2 Å². The molecule has 1 aromatic rings. The molecule has 0 saturated carbocycles. The molecule has 0 bridgehead atoms. The number of nitrogens with zero attached hydrogens (tertiary/aromatic N) is 1. The van der Waals surface area contributed by atoms with Crippen molar-refractivity contribution in [1.82, 2.24) is 9.62 Å². The maximum atomic E-state index is 12.5. The van der Waals surface area contributed by atoms with Crippen LogP contribution in [0.1, 0.15) is 44.0 Å². The lowest BCUT2D eigenvalue weighted by molar-refractivity contribution is -0.154. The van der Waals surface area contributed by atoms with Gasteiger partial charge < -0.3 is 10.1 Å². The highest BCUT2D eigenvalue weighted by atomic mass is 32.2. The maximum Gasteiger partial charge on any atom is 0.306 e. The Balaban J connectivity index is 2.55. The van der Waals surface area contributed by atoms with Crippen molar-refractivity contribution in [3.63, 3.8) is 0 Å². The van der Waals surface area contributed by atoms with Crippen LogP contribution in [0.4, 0.5) is 0 Å². The largest absolute Gasteiger partial charge is 0.453 e. The number of ether oxygens (including phenoxy) is 1. The molecule has 0 spiro atoms. The van der Waals surface area contributed by atoms with Crippen LogP contribution in [0.2, 0.25) is 0 Å². The molecule has 0 unspecified atom stereocenters. The van der Waals surface area contributed by atoms with Gasteiger partial charge in [0.15, 0.2) is 11.9 Å².